The summed E-state index contributed by atoms with van der Waals surface area (Å²) in [5.41, 5.74) is 1.42. The zero-order valence-corrected chi connectivity index (χ0v) is 13.4. The SMILES string of the molecule is CNCc1sc(CSC2CCCCC2)nc1C1CC1. The number of thioether (sulfide) groups is 1. The molecule has 1 aromatic heterocycles. The van der Waals surface area contributed by atoms with Gasteiger partial charge in [-0.2, -0.15) is 11.8 Å². The predicted molar refractivity (Wildman–Crippen MR) is 85.0 cm³/mol. The van der Waals surface area contributed by atoms with Crippen LogP contribution in [-0.2, 0) is 12.3 Å². The van der Waals surface area contributed by atoms with Gasteiger partial charge in [0.15, 0.2) is 0 Å². The van der Waals surface area contributed by atoms with E-state index in [9.17, 15) is 0 Å². The molecule has 0 aliphatic heterocycles. The number of hydrogen-bond donors (Lipinski definition) is 1. The van der Waals surface area contributed by atoms with E-state index in [4.69, 9.17) is 4.98 Å². The Morgan fingerprint density at radius 2 is 2.00 bits per heavy atom. The van der Waals surface area contributed by atoms with Gasteiger partial charge in [-0.05, 0) is 32.7 Å². The van der Waals surface area contributed by atoms with Crippen molar-refractivity contribution < 1.29 is 0 Å². The van der Waals surface area contributed by atoms with E-state index in [1.165, 1.54) is 60.5 Å². The minimum Gasteiger partial charge on any atom is -0.315 e. The lowest BCUT2D eigenvalue weighted by molar-refractivity contribution is 0.516. The molecule has 0 atom stereocenters. The predicted octanol–water partition coefficient (Wildman–Crippen LogP) is 4.31. The Labute approximate surface area is 124 Å². The summed E-state index contributed by atoms with van der Waals surface area (Å²) in [6.07, 6.45) is 9.89. The van der Waals surface area contributed by atoms with Crippen LogP contribution in [0.15, 0.2) is 0 Å². The summed E-state index contributed by atoms with van der Waals surface area (Å²) in [5.74, 6) is 1.92. The van der Waals surface area contributed by atoms with Crippen LogP contribution >= 0.6 is 23.1 Å². The maximum Gasteiger partial charge on any atom is 0.103 e. The van der Waals surface area contributed by atoms with Gasteiger partial charge in [0.25, 0.3) is 0 Å². The van der Waals surface area contributed by atoms with Gasteiger partial charge in [-0.25, -0.2) is 4.98 Å². The Morgan fingerprint density at radius 3 is 2.68 bits per heavy atom. The Morgan fingerprint density at radius 1 is 1.21 bits per heavy atom. The van der Waals surface area contributed by atoms with Crippen LogP contribution in [0.2, 0.25) is 0 Å². The van der Waals surface area contributed by atoms with E-state index in [1.807, 2.05) is 18.4 Å². The number of hydrogen-bond acceptors (Lipinski definition) is 4. The standard InChI is InChI=1S/C15H24N2S2/c1-16-9-13-15(11-7-8-11)17-14(19-13)10-18-12-5-3-2-4-6-12/h11-12,16H,2-10H2,1H3. The van der Waals surface area contributed by atoms with E-state index >= 15 is 0 Å². The highest BCUT2D eigenvalue weighted by atomic mass is 32.2. The maximum absolute atomic E-state index is 4.93. The number of nitrogens with one attached hydrogen (secondary N) is 1. The van der Waals surface area contributed by atoms with Gasteiger partial charge in [0.05, 0.1) is 5.69 Å². The van der Waals surface area contributed by atoms with Crippen LogP contribution in [0.4, 0.5) is 0 Å². The lowest BCUT2D eigenvalue weighted by Gasteiger charge is -2.20. The Kier molecular flexibility index (Phi) is 4.83. The first kappa shape index (κ1) is 13.9. The minimum absolute atomic E-state index is 0.785. The van der Waals surface area contributed by atoms with Crippen molar-refractivity contribution in [2.45, 2.75) is 68.4 Å². The van der Waals surface area contributed by atoms with Crippen molar-refractivity contribution in [2.75, 3.05) is 7.05 Å². The number of nitrogens with zero attached hydrogens (tertiary/aromatic N) is 1. The first-order chi connectivity index (χ1) is 9.36. The molecular formula is C15H24N2S2. The maximum atomic E-state index is 4.93. The molecular weight excluding hydrogens is 272 g/mol. The zero-order chi connectivity index (χ0) is 13.1. The molecule has 0 amide bonds. The summed E-state index contributed by atoms with van der Waals surface area (Å²) in [6, 6.07) is 0. The van der Waals surface area contributed by atoms with Crippen LogP contribution in [0.25, 0.3) is 0 Å². The summed E-state index contributed by atoms with van der Waals surface area (Å²) in [6.45, 7) is 0.998. The Balaban J connectivity index is 1.58. The van der Waals surface area contributed by atoms with Gasteiger partial charge in [0.1, 0.15) is 5.01 Å². The molecule has 106 valence electrons. The molecule has 3 rings (SSSR count). The third-order valence-corrected chi connectivity index (χ3v) is 6.70. The average molecular weight is 297 g/mol. The zero-order valence-electron chi connectivity index (χ0n) is 11.8. The van der Waals surface area contributed by atoms with E-state index in [-0.39, 0.29) is 0 Å². The third-order valence-electron chi connectivity index (χ3n) is 4.07. The van der Waals surface area contributed by atoms with Gasteiger partial charge >= 0.3 is 0 Å². The molecule has 4 heteroatoms. The fourth-order valence-electron chi connectivity index (χ4n) is 2.86. The lowest BCUT2D eigenvalue weighted by atomic mass is 10.0. The second-order valence-corrected chi connectivity index (χ2v) is 8.25. The molecule has 2 aliphatic carbocycles. The summed E-state index contributed by atoms with van der Waals surface area (Å²) < 4.78 is 0. The largest absolute Gasteiger partial charge is 0.315 e. The molecule has 1 N–H and O–H groups in total. The van der Waals surface area contributed by atoms with Gasteiger partial charge in [-0.1, -0.05) is 19.3 Å². The van der Waals surface area contributed by atoms with Crippen molar-refractivity contribution in [1.82, 2.24) is 10.3 Å². The third kappa shape index (κ3) is 3.73. The number of thiazole rings is 1. The summed E-state index contributed by atoms with van der Waals surface area (Å²) in [5, 5.41) is 5.55. The van der Waals surface area contributed by atoms with E-state index in [1.54, 1.807) is 0 Å². The van der Waals surface area contributed by atoms with E-state index in [0.29, 0.717) is 0 Å². The van der Waals surface area contributed by atoms with E-state index in [0.717, 1.165) is 23.5 Å². The molecule has 0 aromatic carbocycles. The van der Waals surface area contributed by atoms with Crippen LogP contribution in [0.3, 0.4) is 0 Å². The molecule has 19 heavy (non-hydrogen) atoms. The van der Waals surface area contributed by atoms with E-state index < -0.39 is 0 Å². The van der Waals surface area contributed by atoms with Gasteiger partial charge in [-0.3, -0.25) is 0 Å². The number of aromatic nitrogens is 1. The molecule has 0 radical (unpaired) electrons. The summed E-state index contributed by atoms with van der Waals surface area (Å²) in [4.78, 5) is 6.42. The fraction of sp³-hybridized carbons (Fsp3) is 0.800. The van der Waals surface area contributed by atoms with Crippen molar-refractivity contribution in [3.8, 4) is 0 Å². The van der Waals surface area contributed by atoms with E-state index in [2.05, 4.69) is 17.1 Å². The average Bonchev–Trinajstić information content (AvgIpc) is 3.21. The summed E-state index contributed by atoms with van der Waals surface area (Å²) in [7, 11) is 2.03. The first-order valence-corrected chi connectivity index (χ1v) is 9.48. The van der Waals surface area contributed by atoms with Crippen LogP contribution < -0.4 is 5.32 Å². The molecule has 1 heterocycles. The smallest absolute Gasteiger partial charge is 0.103 e. The lowest BCUT2D eigenvalue weighted by Crippen LogP contribution is -2.08. The molecule has 0 spiro atoms. The topological polar surface area (TPSA) is 24.9 Å². The second kappa shape index (κ2) is 6.59. The highest BCUT2D eigenvalue weighted by molar-refractivity contribution is 7.99. The molecule has 1 aromatic rings. The van der Waals surface area contributed by atoms with Crippen LogP contribution in [-0.4, -0.2) is 17.3 Å². The van der Waals surface area contributed by atoms with Gasteiger partial charge in [0.2, 0.25) is 0 Å². The second-order valence-electron chi connectivity index (χ2n) is 5.79. The van der Waals surface area contributed by atoms with Crippen molar-refractivity contribution in [2.24, 2.45) is 0 Å². The van der Waals surface area contributed by atoms with Gasteiger partial charge < -0.3 is 5.32 Å². The first-order valence-electron chi connectivity index (χ1n) is 7.61. The van der Waals surface area contributed by atoms with Crippen molar-refractivity contribution in [3.63, 3.8) is 0 Å². The van der Waals surface area contributed by atoms with Crippen molar-refractivity contribution in [3.05, 3.63) is 15.6 Å². The van der Waals surface area contributed by atoms with Crippen molar-refractivity contribution >= 4 is 23.1 Å². The quantitative estimate of drug-likeness (QED) is 0.847. The fourth-order valence-corrected chi connectivity index (χ4v) is 5.37. The molecule has 0 bridgehead atoms. The molecule has 2 fully saturated rings. The van der Waals surface area contributed by atoms with Crippen LogP contribution in [0.5, 0.6) is 0 Å². The highest BCUT2D eigenvalue weighted by Gasteiger charge is 2.29. The number of rotatable bonds is 6. The summed E-state index contributed by atoms with van der Waals surface area (Å²) >= 11 is 4.10. The molecule has 0 unspecified atom stereocenters. The minimum atomic E-state index is 0.785. The molecule has 2 saturated carbocycles. The highest BCUT2D eigenvalue weighted by Crippen LogP contribution is 2.43. The molecule has 2 nitrogen and oxygen atoms in total. The Bertz CT molecular complexity index is 406. The van der Waals surface area contributed by atoms with Gasteiger partial charge in [0, 0.05) is 28.3 Å². The normalized spacial score (nSPS) is 20.9. The Hall–Kier alpha value is -0.0600. The van der Waals surface area contributed by atoms with Crippen LogP contribution in [0, 0.1) is 0 Å². The van der Waals surface area contributed by atoms with Gasteiger partial charge in [-0.15, -0.1) is 11.3 Å². The van der Waals surface area contributed by atoms with Crippen molar-refractivity contribution in [1.29, 1.82) is 0 Å². The molecule has 0 saturated heterocycles. The monoisotopic (exact) mass is 296 g/mol. The van der Waals surface area contributed by atoms with Crippen LogP contribution in [0.1, 0.15) is 66.4 Å². The molecule has 2 aliphatic rings.